The smallest absolute Gasteiger partial charge is 0.253 e. The fraction of sp³-hybridized carbons (Fsp3) is 0.417. The van der Waals surface area contributed by atoms with Gasteiger partial charge in [-0.3, -0.25) is 4.79 Å². The number of halogens is 3. The first-order valence-electron chi connectivity index (χ1n) is 5.28. The van der Waals surface area contributed by atoms with Crippen molar-refractivity contribution in [3.63, 3.8) is 0 Å². The lowest BCUT2D eigenvalue weighted by atomic mass is 10.1. The van der Waals surface area contributed by atoms with Crippen molar-refractivity contribution in [3.05, 3.63) is 33.8 Å². The van der Waals surface area contributed by atoms with Crippen LogP contribution in [0, 0.1) is 5.92 Å². The summed E-state index contributed by atoms with van der Waals surface area (Å²) >= 11 is 17.6. The lowest BCUT2D eigenvalue weighted by Crippen LogP contribution is -2.37. The monoisotopic (exact) mass is 293 g/mol. The van der Waals surface area contributed by atoms with E-state index in [0.29, 0.717) is 16.5 Å². The zero-order valence-electron chi connectivity index (χ0n) is 9.64. The van der Waals surface area contributed by atoms with Crippen molar-refractivity contribution in [2.24, 2.45) is 5.92 Å². The van der Waals surface area contributed by atoms with Crippen LogP contribution in [0.25, 0.3) is 0 Å². The van der Waals surface area contributed by atoms with Gasteiger partial charge in [0.1, 0.15) is 0 Å². The fourth-order valence-corrected chi connectivity index (χ4v) is 1.89. The molecule has 0 spiro atoms. The number of hydrogen-bond donors (Lipinski definition) is 1. The van der Waals surface area contributed by atoms with Crippen LogP contribution in [0.15, 0.2) is 18.2 Å². The van der Waals surface area contributed by atoms with E-state index in [-0.39, 0.29) is 22.9 Å². The van der Waals surface area contributed by atoms with Crippen molar-refractivity contribution in [3.8, 4) is 0 Å². The maximum atomic E-state index is 12.0. The Bertz CT molecular complexity index is 409. The minimum absolute atomic E-state index is 0.0185. The predicted molar refractivity (Wildman–Crippen MR) is 73.3 cm³/mol. The molecule has 1 N–H and O–H groups in total. The van der Waals surface area contributed by atoms with Gasteiger partial charge in [0.2, 0.25) is 0 Å². The molecule has 5 heteroatoms. The minimum atomic E-state index is -0.234. The van der Waals surface area contributed by atoms with Gasteiger partial charge >= 0.3 is 0 Å². The Hall–Kier alpha value is -0.440. The van der Waals surface area contributed by atoms with Gasteiger partial charge < -0.3 is 5.32 Å². The van der Waals surface area contributed by atoms with Gasteiger partial charge in [0.25, 0.3) is 5.91 Å². The first-order chi connectivity index (χ1) is 7.97. The molecule has 0 aromatic heterocycles. The average Bonchev–Trinajstić information content (AvgIpc) is 2.31. The number of benzene rings is 1. The van der Waals surface area contributed by atoms with E-state index in [0.717, 1.165) is 0 Å². The third-order valence-corrected chi connectivity index (χ3v) is 3.96. The largest absolute Gasteiger partial charge is 0.349 e. The lowest BCUT2D eigenvalue weighted by molar-refractivity contribution is 0.0931. The van der Waals surface area contributed by atoms with Crippen LogP contribution in [-0.2, 0) is 0 Å². The third kappa shape index (κ3) is 3.77. The molecule has 0 aliphatic carbocycles. The summed E-state index contributed by atoms with van der Waals surface area (Å²) in [5.74, 6) is 0.450. The maximum Gasteiger partial charge on any atom is 0.253 e. The summed E-state index contributed by atoms with van der Waals surface area (Å²) in [5.41, 5.74) is 0.382. The van der Waals surface area contributed by atoms with E-state index in [1.807, 2.05) is 13.8 Å². The molecule has 0 saturated heterocycles. The topological polar surface area (TPSA) is 29.1 Å². The van der Waals surface area contributed by atoms with Gasteiger partial charge in [0.15, 0.2) is 0 Å². The molecule has 2 atom stereocenters. The molecule has 1 aromatic carbocycles. The number of nitrogens with one attached hydrogen (secondary N) is 1. The highest BCUT2D eigenvalue weighted by atomic mass is 35.5. The van der Waals surface area contributed by atoms with Gasteiger partial charge in [0.05, 0.1) is 15.6 Å². The number of amides is 1. The Balaban J connectivity index is 2.80. The number of carbonyl (C=O) groups excluding carboxylic acids is 1. The predicted octanol–water partition coefficient (Wildman–Crippen LogP) is 3.99. The number of carbonyl (C=O) groups is 1. The SMILES string of the molecule is CC(CCl)C(C)NC(=O)c1cccc(Cl)c1Cl. The summed E-state index contributed by atoms with van der Waals surface area (Å²) in [6, 6.07) is 4.96. The van der Waals surface area contributed by atoms with Gasteiger partial charge in [-0.25, -0.2) is 0 Å². The van der Waals surface area contributed by atoms with Crippen LogP contribution in [0.2, 0.25) is 10.0 Å². The number of alkyl halides is 1. The summed E-state index contributed by atoms with van der Waals surface area (Å²) in [7, 11) is 0. The van der Waals surface area contributed by atoms with E-state index in [4.69, 9.17) is 34.8 Å². The van der Waals surface area contributed by atoms with E-state index >= 15 is 0 Å². The van der Waals surface area contributed by atoms with E-state index in [1.165, 1.54) is 0 Å². The molecule has 94 valence electrons. The van der Waals surface area contributed by atoms with Crippen molar-refractivity contribution in [2.45, 2.75) is 19.9 Å². The van der Waals surface area contributed by atoms with Gasteiger partial charge in [-0.2, -0.15) is 0 Å². The van der Waals surface area contributed by atoms with E-state index in [9.17, 15) is 4.79 Å². The molecule has 1 amide bonds. The van der Waals surface area contributed by atoms with Crippen LogP contribution < -0.4 is 5.32 Å². The van der Waals surface area contributed by atoms with Crippen LogP contribution in [0.3, 0.4) is 0 Å². The van der Waals surface area contributed by atoms with Crippen molar-refractivity contribution in [1.29, 1.82) is 0 Å². The zero-order valence-corrected chi connectivity index (χ0v) is 11.9. The molecule has 0 fully saturated rings. The Labute approximate surface area is 116 Å². The van der Waals surface area contributed by atoms with Crippen LogP contribution in [-0.4, -0.2) is 17.8 Å². The van der Waals surface area contributed by atoms with E-state index in [2.05, 4.69) is 5.32 Å². The van der Waals surface area contributed by atoms with Crippen LogP contribution in [0.4, 0.5) is 0 Å². The molecule has 1 aromatic rings. The average molecular weight is 295 g/mol. The highest BCUT2D eigenvalue weighted by Gasteiger charge is 2.17. The molecular formula is C12H14Cl3NO. The Morgan fingerprint density at radius 1 is 1.35 bits per heavy atom. The standard InChI is InChI=1S/C12H14Cl3NO/c1-7(6-13)8(2)16-12(17)9-4-3-5-10(14)11(9)15/h3-5,7-8H,6H2,1-2H3,(H,16,17). The molecule has 0 aliphatic heterocycles. The van der Waals surface area contributed by atoms with Crippen molar-refractivity contribution in [2.75, 3.05) is 5.88 Å². The molecule has 17 heavy (non-hydrogen) atoms. The van der Waals surface area contributed by atoms with Crippen LogP contribution in [0.1, 0.15) is 24.2 Å². The second-order valence-corrected chi connectivity index (χ2v) is 5.09. The maximum absolute atomic E-state index is 12.0. The zero-order chi connectivity index (χ0) is 13.0. The molecular weight excluding hydrogens is 280 g/mol. The highest BCUT2D eigenvalue weighted by molar-refractivity contribution is 6.43. The molecule has 2 nitrogen and oxygen atoms in total. The second kappa shape index (κ2) is 6.48. The lowest BCUT2D eigenvalue weighted by Gasteiger charge is -2.19. The Morgan fingerprint density at radius 2 is 2.00 bits per heavy atom. The molecule has 0 heterocycles. The summed E-state index contributed by atoms with van der Waals surface area (Å²) in [6.07, 6.45) is 0. The molecule has 0 radical (unpaired) electrons. The summed E-state index contributed by atoms with van der Waals surface area (Å²) < 4.78 is 0. The molecule has 2 unspecified atom stereocenters. The molecule has 1 rings (SSSR count). The van der Waals surface area contributed by atoms with Crippen molar-refractivity contribution < 1.29 is 4.79 Å². The number of rotatable bonds is 4. The summed E-state index contributed by atoms with van der Waals surface area (Å²) in [6.45, 7) is 3.88. The van der Waals surface area contributed by atoms with Gasteiger partial charge in [-0.15, -0.1) is 11.6 Å². The van der Waals surface area contributed by atoms with Crippen LogP contribution in [0.5, 0.6) is 0 Å². The molecule has 0 saturated carbocycles. The van der Waals surface area contributed by atoms with E-state index < -0.39 is 0 Å². The molecule has 0 bridgehead atoms. The van der Waals surface area contributed by atoms with Gasteiger partial charge in [-0.1, -0.05) is 36.2 Å². The highest BCUT2D eigenvalue weighted by Crippen LogP contribution is 2.25. The first-order valence-corrected chi connectivity index (χ1v) is 6.57. The van der Waals surface area contributed by atoms with Crippen LogP contribution >= 0.6 is 34.8 Å². The number of hydrogen-bond acceptors (Lipinski definition) is 1. The quantitative estimate of drug-likeness (QED) is 0.836. The Morgan fingerprint density at radius 3 is 2.59 bits per heavy atom. The first kappa shape index (κ1) is 14.6. The Kier molecular flexibility index (Phi) is 5.57. The summed E-state index contributed by atoms with van der Waals surface area (Å²) in [4.78, 5) is 12.0. The third-order valence-electron chi connectivity index (χ3n) is 2.65. The van der Waals surface area contributed by atoms with Crippen molar-refractivity contribution >= 4 is 40.7 Å². The van der Waals surface area contributed by atoms with Gasteiger partial charge in [0, 0.05) is 11.9 Å². The second-order valence-electron chi connectivity index (χ2n) is 4.00. The fourth-order valence-electron chi connectivity index (χ4n) is 1.24. The minimum Gasteiger partial charge on any atom is -0.349 e. The van der Waals surface area contributed by atoms with E-state index in [1.54, 1.807) is 18.2 Å². The molecule has 0 aliphatic rings. The van der Waals surface area contributed by atoms with Gasteiger partial charge in [-0.05, 0) is 25.0 Å². The summed E-state index contributed by atoms with van der Waals surface area (Å²) in [5, 5.41) is 3.50. The van der Waals surface area contributed by atoms with Crippen molar-refractivity contribution in [1.82, 2.24) is 5.32 Å². The normalized spacial score (nSPS) is 14.2.